The van der Waals surface area contributed by atoms with Gasteiger partial charge in [0.15, 0.2) is 48.0 Å². The van der Waals surface area contributed by atoms with E-state index in [1.165, 1.54) is 43.3 Å². The molecule has 2 aromatic carbocycles. The lowest BCUT2D eigenvalue weighted by Crippen LogP contribution is -2.67. The van der Waals surface area contributed by atoms with Gasteiger partial charge in [0, 0.05) is 6.08 Å². The van der Waals surface area contributed by atoms with E-state index in [9.17, 15) is 66.1 Å². The van der Waals surface area contributed by atoms with Crippen LogP contribution in [0.1, 0.15) is 18.1 Å². The third kappa shape index (κ3) is 9.82. The third-order valence-electron chi connectivity index (χ3n) is 9.39. The van der Waals surface area contributed by atoms with Crippen LogP contribution in [0, 0.1) is 0 Å². The lowest BCUT2D eigenvalue weighted by molar-refractivity contribution is -0.390. The molecule has 3 fully saturated rings. The predicted molar refractivity (Wildman–Crippen MR) is 180 cm³/mol. The van der Waals surface area contributed by atoms with E-state index >= 15 is 0 Å². The molecule has 3 aliphatic heterocycles. The number of aromatic hydroxyl groups is 4. The van der Waals surface area contributed by atoms with Crippen molar-refractivity contribution < 1.29 is 99.2 Å². The second kappa shape index (κ2) is 18.5. The van der Waals surface area contributed by atoms with Gasteiger partial charge >= 0.3 is 5.97 Å². The van der Waals surface area contributed by atoms with Gasteiger partial charge in [-0.15, -0.1) is 0 Å². The van der Waals surface area contributed by atoms with E-state index in [1.54, 1.807) is 0 Å². The van der Waals surface area contributed by atoms with Crippen molar-refractivity contribution in [2.75, 3.05) is 19.8 Å². The van der Waals surface area contributed by atoms with Crippen LogP contribution in [0.3, 0.4) is 0 Å². The van der Waals surface area contributed by atoms with E-state index in [4.69, 9.17) is 33.2 Å². The summed E-state index contributed by atoms with van der Waals surface area (Å²) in [5, 5.41) is 123. The van der Waals surface area contributed by atoms with Gasteiger partial charge in [-0.3, -0.25) is 0 Å². The monoisotopic (exact) mass is 786 g/mol. The second-order valence-corrected chi connectivity index (χ2v) is 13.2. The van der Waals surface area contributed by atoms with Gasteiger partial charge in [0.1, 0.15) is 61.0 Å². The van der Waals surface area contributed by atoms with Crippen LogP contribution < -0.4 is 0 Å². The van der Waals surface area contributed by atoms with Gasteiger partial charge in [0.25, 0.3) is 0 Å². The first kappa shape index (κ1) is 42.4. The highest BCUT2D eigenvalue weighted by Crippen LogP contribution is 2.36. The van der Waals surface area contributed by atoms with Crippen molar-refractivity contribution in [3.8, 4) is 23.0 Å². The molecule has 15 atom stereocenters. The first-order valence-electron chi connectivity index (χ1n) is 17.2. The highest BCUT2D eigenvalue weighted by molar-refractivity contribution is 5.87. The number of hydrogen-bond acceptors (Lipinski definition) is 20. The second-order valence-electron chi connectivity index (χ2n) is 13.2. The molecule has 55 heavy (non-hydrogen) atoms. The maximum Gasteiger partial charge on any atom is 0.331 e. The van der Waals surface area contributed by atoms with Gasteiger partial charge in [-0.25, -0.2) is 4.79 Å². The van der Waals surface area contributed by atoms with Gasteiger partial charge < -0.3 is 94.4 Å². The van der Waals surface area contributed by atoms with Crippen LogP contribution in [0.2, 0.25) is 0 Å². The molecule has 12 N–H and O–H groups in total. The number of carbonyl (C=O) groups is 1. The Morgan fingerprint density at radius 1 is 0.655 bits per heavy atom. The Balaban J connectivity index is 1.50. The molecule has 0 saturated carbocycles. The zero-order chi connectivity index (χ0) is 40.1. The van der Waals surface area contributed by atoms with E-state index in [2.05, 4.69) is 0 Å². The van der Waals surface area contributed by atoms with Gasteiger partial charge in [0.05, 0.1) is 25.9 Å². The molecule has 3 heterocycles. The standard InChI is InChI=1S/C35H46O20/c1-14-24(43)26(45)28(47)33(50-14)54-31-30(53-23(42)7-4-15-2-5-17(38)19(40)10-15)22(13-37)52-35(49-9-8-16-3-6-18(39)20(41)11-16)32(31)55-34-29(48)27(46)25(44)21(12-36)51-34/h2-7,10-11,14,21-22,24-41,43-48H,8-9,12-13H2,1H3/b7-4+/t14-,21+,22+,24-,25+,26+,27-,28+,29+,30+,31-,32+,33-,34-,35+/m0/s1. The predicted octanol–water partition coefficient (Wildman–Crippen LogP) is -3.19. The summed E-state index contributed by atoms with van der Waals surface area (Å²) in [6.45, 7) is -0.540. The number of hydrogen-bond donors (Lipinski definition) is 12. The number of aliphatic hydroxyl groups is 8. The molecule has 0 spiro atoms. The largest absolute Gasteiger partial charge is 0.504 e. The molecule has 20 nitrogen and oxygen atoms in total. The van der Waals surface area contributed by atoms with Gasteiger partial charge in [-0.2, -0.15) is 0 Å². The molecule has 2 aromatic rings. The van der Waals surface area contributed by atoms with Crippen LogP contribution in [0.25, 0.3) is 6.08 Å². The lowest BCUT2D eigenvalue weighted by atomic mass is 9.96. The van der Waals surface area contributed by atoms with E-state index in [0.29, 0.717) is 5.56 Å². The SMILES string of the molecule is C[C@@H]1O[C@@H](O[C@@H]2[C@@H](O[C@@H]3O[C@H](CO)[C@@H](O)[C@H](O)[C@H]3O)[C@H](OCCc3ccc(O)c(O)c3)O[C@H](CO)[C@H]2OC(=O)/C=C/c2ccc(O)c(O)c2)[C@H](O)[C@H](O)[C@H]1O. The summed E-state index contributed by atoms with van der Waals surface area (Å²) in [4.78, 5) is 13.3. The highest BCUT2D eigenvalue weighted by atomic mass is 16.8. The Morgan fingerprint density at radius 2 is 1.24 bits per heavy atom. The quantitative estimate of drug-likeness (QED) is 0.0541. The van der Waals surface area contributed by atoms with E-state index in [0.717, 1.165) is 12.1 Å². The molecule has 3 aliphatic rings. The fraction of sp³-hybridized carbons (Fsp3) is 0.571. The fourth-order valence-corrected chi connectivity index (χ4v) is 6.22. The molecule has 20 heteroatoms. The van der Waals surface area contributed by atoms with E-state index < -0.39 is 129 Å². The van der Waals surface area contributed by atoms with Crippen LogP contribution in [-0.4, -0.2) is 179 Å². The Kier molecular flexibility index (Phi) is 14.3. The fourth-order valence-electron chi connectivity index (χ4n) is 6.22. The Morgan fingerprint density at radius 3 is 1.87 bits per heavy atom. The maximum atomic E-state index is 13.3. The van der Waals surface area contributed by atoms with Crippen LogP contribution >= 0.6 is 0 Å². The van der Waals surface area contributed by atoms with Crippen molar-refractivity contribution in [3.05, 3.63) is 53.6 Å². The summed E-state index contributed by atoms with van der Waals surface area (Å²) in [5.74, 6) is -2.74. The average Bonchev–Trinajstić information content (AvgIpc) is 3.16. The number of aliphatic hydroxyl groups excluding tert-OH is 8. The first-order chi connectivity index (χ1) is 26.1. The van der Waals surface area contributed by atoms with Crippen molar-refractivity contribution in [3.63, 3.8) is 0 Å². The lowest BCUT2D eigenvalue weighted by Gasteiger charge is -2.49. The molecule has 0 radical (unpaired) electrons. The van der Waals surface area contributed by atoms with Gasteiger partial charge in [-0.1, -0.05) is 12.1 Å². The number of phenolic OH excluding ortho intramolecular Hbond substituents is 4. The van der Waals surface area contributed by atoms with Crippen LogP contribution in [0.5, 0.6) is 23.0 Å². The minimum Gasteiger partial charge on any atom is -0.504 e. The average molecular weight is 787 g/mol. The molecule has 0 bridgehead atoms. The summed E-state index contributed by atoms with van der Waals surface area (Å²) < 4.78 is 41.1. The van der Waals surface area contributed by atoms with Crippen molar-refractivity contribution in [1.29, 1.82) is 0 Å². The first-order valence-corrected chi connectivity index (χ1v) is 17.2. The normalized spacial score (nSPS) is 36.9. The van der Waals surface area contributed by atoms with Gasteiger partial charge in [-0.05, 0) is 54.8 Å². The number of phenols is 4. The number of benzene rings is 2. The Hall–Kier alpha value is -3.71. The molecule has 0 amide bonds. The molecule has 3 saturated heterocycles. The van der Waals surface area contributed by atoms with Crippen molar-refractivity contribution in [2.24, 2.45) is 0 Å². The van der Waals surface area contributed by atoms with E-state index in [-0.39, 0.29) is 24.3 Å². The minimum atomic E-state index is -1.98. The van der Waals surface area contributed by atoms with Crippen LogP contribution in [0.15, 0.2) is 42.5 Å². The molecule has 0 unspecified atom stereocenters. The summed E-state index contributed by atoms with van der Waals surface area (Å²) >= 11 is 0. The Bertz CT molecular complexity index is 1610. The molecular formula is C35H46O20. The third-order valence-corrected chi connectivity index (χ3v) is 9.39. The van der Waals surface area contributed by atoms with Crippen LogP contribution in [-0.2, 0) is 44.4 Å². The number of carbonyl (C=O) groups excluding carboxylic acids is 1. The van der Waals surface area contributed by atoms with Crippen molar-refractivity contribution in [1.82, 2.24) is 0 Å². The molecule has 5 rings (SSSR count). The molecule has 0 aromatic heterocycles. The van der Waals surface area contributed by atoms with E-state index in [1.807, 2.05) is 0 Å². The Labute approximate surface area is 313 Å². The van der Waals surface area contributed by atoms with Crippen LogP contribution in [0.4, 0.5) is 0 Å². The van der Waals surface area contributed by atoms with Gasteiger partial charge in [0.2, 0.25) is 0 Å². The zero-order valence-electron chi connectivity index (χ0n) is 29.2. The smallest absolute Gasteiger partial charge is 0.331 e. The molecule has 306 valence electrons. The molecule has 0 aliphatic carbocycles. The molecular weight excluding hydrogens is 740 g/mol. The highest BCUT2D eigenvalue weighted by Gasteiger charge is 2.55. The number of esters is 1. The zero-order valence-corrected chi connectivity index (χ0v) is 29.2. The summed E-state index contributed by atoms with van der Waals surface area (Å²) in [5.41, 5.74) is 0.753. The van der Waals surface area contributed by atoms with Crippen molar-refractivity contribution >= 4 is 12.0 Å². The maximum absolute atomic E-state index is 13.3. The summed E-state index contributed by atoms with van der Waals surface area (Å²) in [6, 6.07) is 7.72. The van der Waals surface area contributed by atoms with Crippen molar-refractivity contribution in [2.45, 2.75) is 105 Å². The summed E-state index contributed by atoms with van der Waals surface area (Å²) in [6.07, 6.45) is -23.3. The number of ether oxygens (including phenoxy) is 7. The minimum absolute atomic E-state index is 0.0812. The topological polar surface area (TPSA) is 324 Å². The summed E-state index contributed by atoms with van der Waals surface area (Å²) in [7, 11) is 0. The number of rotatable bonds is 13.